The molecule has 3 nitrogen and oxygen atoms in total. The monoisotopic (exact) mass is 239 g/mol. The molecule has 4 heteroatoms. The van der Waals surface area contributed by atoms with Gasteiger partial charge in [-0.25, -0.2) is 0 Å². The van der Waals surface area contributed by atoms with Crippen LogP contribution in [-0.4, -0.2) is 17.6 Å². The van der Waals surface area contributed by atoms with Crippen molar-refractivity contribution in [2.75, 3.05) is 6.54 Å². The number of thiophene rings is 1. The van der Waals surface area contributed by atoms with Gasteiger partial charge in [0.15, 0.2) is 0 Å². The van der Waals surface area contributed by atoms with Crippen molar-refractivity contribution >= 4 is 17.3 Å². The molecule has 0 aromatic carbocycles. The van der Waals surface area contributed by atoms with Crippen LogP contribution in [0, 0.1) is 12.8 Å². The van der Waals surface area contributed by atoms with Crippen molar-refractivity contribution in [2.45, 2.75) is 32.2 Å². The predicted molar refractivity (Wildman–Crippen MR) is 64.8 cm³/mol. The second-order valence-corrected chi connectivity index (χ2v) is 5.64. The standard InChI is InChI=1S/C12H17NO2S/c1-8-5-6-10(16-8)11-9(12(14)15)4-2-3-7-13-11/h5-6,9,11,13H,2-4,7H2,1H3,(H,14,15)/t9-,11-/m0/s1. The number of carboxylic acids is 1. The van der Waals surface area contributed by atoms with Crippen LogP contribution in [0.1, 0.15) is 35.1 Å². The smallest absolute Gasteiger partial charge is 0.308 e. The Balaban J connectivity index is 2.23. The average Bonchev–Trinajstić information content (AvgIpc) is 2.54. The van der Waals surface area contributed by atoms with Crippen LogP contribution in [0.25, 0.3) is 0 Å². The van der Waals surface area contributed by atoms with Crippen molar-refractivity contribution in [3.63, 3.8) is 0 Å². The minimum atomic E-state index is -0.676. The zero-order valence-corrected chi connectivity index (χ0v) is 10.2. The molecule has 1 aromatic rings. The van der Waals surface area contributed by atoms with Gasteiger partial charge in [0, 0.05) is 9.75 Å². The SMILES string of the molecule is Cc1ccc([C@H]2NCCCC[C@@H]2C(=O)O)s1. The zero-order chi connectivity index (χ0) is 11.5. The van der Waals surface area contributed by atoms with Gasteiger partial charge in [0.05, 0.1) is 12.0 Å². The van der Waals surface area contributed by atoms with Crippen molar-refractivity contribution in [3.8, 4) is 0 Å². The number of carbonyl (C=O) groups is 1. The van der Waals surface area contributed by atoms with Gasteiger partial charge in [-0.1, -0.05) is 6.42 Å². The third-order valence-electron chi connectivity index (χ3n) is 3.09. The molecule has 2 heterocycles. The van der Waals surface area contributed by atoms with E-state index in [-0.39, 0.29) is 12.0 Å². The van der Waals surface area contributed by atoms with Crippen LogP contribution >= 0.6 is 11.3 Å². The van der Waals surface area contributed by atoms with Gasteiger partial charge in [-0.05, 0) is 38.4 Å². The number of aryl methyl sites for hydroxylation is 1. The molecule has 0 amide bonds. The van der Waals surface area contributed by atoms with Crippen molar-refractivity contribution in [3.05, 3.63) is 21.9 Å². The summed E-state index contributed by atoms with van der Waals surface area (Å²) >= 11 is 1.70. The quantitative estimate of drug-likeness (QED) is 0.834. The number of rotatable bonds is 2. The van der Waals surface area contributed by atoms with Crippen LogP contribution in [0.2, 0.25) is 0 Å². The van der Waals surface area contributed by atoms with Gasteiger partial charge in [-0.15, -0.1) is 11.3 Å². The van der Waals surface area contributed by atoms with Crippen molar-refractivity contribution < 1.29 is 9.90 Å². The third kappa shape index (κ3) is 2.44. The molecule has 1 aromatic heterocycles. The molecule has 88 valence electrons. The fourth-order valence-electron chi connectivity index (χ4n) is 2.24. The van der Waals surface area contributed by atoms with Crippen molar-refractivity contribution in [1.29, 1.82) is 0 Å². The molecule has 1 saturated heterocycles. The molecule has 0 aliphatic carbocycles. The molecule has 1 aliphatic heterocycles. The summed E-state index contributed by atoms with van der Waals surface area (Å²) in [4.78, 5) is 13.7. The molecule has 0 saturated carbocycles. The Bertz CT molecular complexity index is 375. The summed E-state index contributed by atoms with van der Waals surface area (Å²) in [7, 11) is 0. The highest BCUT2D eigenvalue weighted by molar-refractivity contribution is 7.12. The number of nitrogens with one attached hydrogen (secondary N) is 1. The van der Waals surface area contributed by atoms with E-state index in [4.69, 9.17) is 0 Å². The van der Waals surface area contributed by atoms with Crippen LogP contribution in [-0.2, 0) is 4.79 Å². The average molecular weight is 239 g/mol. The maximum Gasteiger partial charge on any atom is 0.308 e. The molecular weight excluding hydrogens is 222 g/mol. The number of aliphatic carboxylic acids is 1. The Kier molecular flexibility index (Phi) is 3.61. The molecule has 0 spiro atoms. The zero-order valence-electron chi connectivity index (χ0n) is 9.40. The Morgan fingerprint density at radius 2 is 2.31 bits per heavy atom. The third-order valence-corrected chi connectivity index (χ3v) is 4.18. The van der Waals surface area contributed by atoms with E-state index in [1.54, 1.807) is 11.3 Å². The lowest BCUT2D eigenvalue weighted by Gasteiger charge is -2.21. The van der Waals surface area contributed by atoms with Crippen LogP contribution in [0.15, 0.2) is 12.1 Å². The summed E-state index contributed by atoms with van der Waals surface area (Å²) in [5.74, 6) is -0.953. The number of hydrogen-bond donors (Lipinski definition) is 2. The molecule has 2 atom stereocenters. The Morgan fingerprint density at radius 3 is 2.94 bits per heavy atom. The summed E-state index contributed by atoms with van der Waals surface area (Å²) in [5, 5.41) is 12.6. The fourth-order valence-corrected chi connectivity index (χ4v) is 3.26. The van der Waals surface area contributed by atoms with Crippen molar-refractivity contribution in [2.24, 2.45) is 5.92 Å². The maximum atomic E-state index is 11.3. The molecule has 0 bridgehead atoms. The molecule has 1 aliphatic rings. The minimum absolute atomic E-state index is 0.00120. The summed E-state index contributed by atoms with van der Waals surface area (Å²) < 4.78 is 0. The molecule has 0 radical (unpaired) electrons. The molecule has 16 heavy (non-hydrogen) atoms. The first-order chi connectivity index (χ1) is 7.68. The van der Waals surface area contributed by atoms with Gasteiger partial charge < -0.3 is 10.4 Å². The van der Waals surface area contributed by atoms with Crippen LogP contribution < -0.4 is 5.32 Å². The molecule has 1 fully saturated rings. The summed E-state index contributed by atoms with van der Waals surface area (Å²) in [5.41, 5.74) is 0. The minimum Gasteiger partial charge on any atom is -0.481 e. The lowest BCUT2D eigenvalue weighted by molar-refractivity contribution is -0.143. The van der Waals surface area contributed by atoms with Crippen LogP contribution in [0.5, 0.6) is 0 Å². The first kappa shape index (κ1) is 11.6. The molecule has 0 unspecified atom stereocenters. The Morgan fingerprint density at radius 1 is 1.50 bits per heavy atom. The van der Waals surface area contributed by atoms with Gasteiger partial charge in [0.25, 0.3) is 0 Å². The lowest BCUT2D eigenvalue weighted by atomic mass is 9.94. The van der Waals surface area contributed by atoms with Gasteiger partial charge >= 0.3 is 5.97 Å². The van der Waals surface area contributed by atoms with E-state index in [9.17, 15) is 9.90 Å². The van der Waals surface area contributed by atoms with Gasteiger partial charge in [-0.2, -0.15) is 0 Å². The number of hydrogen-bond acceptors (Lipinski definition) is 3. The van der Waals surface area contributed by atoms with E-state index in [0.717, 1.165) is 30.7 Å². The highest BCUT2D eigenvalue weighted by Crippen LogP contribution is 2.33. The summed E-state index contributed by atoms with van der Waals surface area (Å²) in [6.45, 7) is 2.98. The summed E-state index contributed by atoms with van der Waals surface area (Å²) in [6.07, 6.45) is 2.86. The van der Waals surface area contributed by atoms with Crippen molar-refractivity contribution in [1.82, 2.24) is 5.32 Å². The highest BCUT2D eigenvalue weighted by Gasteiger charge is 2.31. The highest BCUT2D eigenvalue weighted by atomic mass is 32.1. The normalized spacial score (nSPS) is 26.3. The molecular formula is C12H17NO2S. The Hall–Kier alpha value is -0.870. The van der Waals surface area contributed by atoms with E-state index in [1.807, 2.05) is 0 Å². The predicted octanol–water partition coefficient (Wildman–Crippen LogP) is 2.57. The molecule has 2 N–H and O–H groups in total. The van der Waals surface area contributed by atoms with Gasteiger partial charge in [0.1, 0.15) is 0 Å². The largest absolute Gasteiger partial charge is 0.481 e. The number of carboxylic acid groups (broad SMARTS) is 1. The Labute approximate surface area is 99.5 Å². The summed E-state index contributed by atoms with van der Waals surface area (Å²) in [6, 6.07) is 4.11. The van der Waals surface area contributed by atoms with Gasteiger partial charge in [0.2, 0.25) is 0 Å². The maximum absolute atomic E-state index is 11.3. The topological polar surface area (TPSA) is 49.3 Å². The van der Waals surface area contributed by atoms with E-state index >= 15 is 0 Å². The second kappa shape index (κ2) is 4.97. The van der Waals surface area contributed by atoms with E-state index in [1.165, 1.54) is 4.88 Å². The fraction of sp³-hybridized carbons (Fsp3) is 0.583. The van der Waals surface area contributed by atoms with E-state index in [0.29, 0.717) is 0 Å². The first-order valence-electron chi connectivity index (χ1n) is 5.71. The first-order valence-corrected chi connectivity index (χ1v) is 6.52. The van der Waals surface area contributed by atoms with Crippen LogP contribution in [0.3, 0.4) is 0 Å². The van der Waals surface area contributed by atoms with Crippen LogP contribution in [0.4, 0.5) is 0 Å². The lowest BCUT2D eigenvalue weighted by Crippen LogP contribution is -2.30. The van der Waals surface area contributed by atoms with Gasteiger partial charge in [-0.3, -0.25) is 4.79 Å². The molecule has 2 rings (SSSR count). The van der Waals surface area contributed by atoms with E-state index in [2.05, 4.69) is 24.4 Å². The second-order valence-electron chi connectivity index (χ2n) is 4.32. The van der Waals surface area contributed by atoms with E-state index < -0.39 is 5.97 Å².